The molecule has 2 heterocycles. The molecule has 2 aromatic heterocycles. The predicted molar refractivity (Wildman–Crippen MR) is 72.6 cm³/mol. The van der Waals surface area contributed by atoms with E-state index in [1.54, 1.807) is 4.68 Å². The number of nitrogens with two attached hydrogens (primary N) is 2. The Balaban J connectivity index is 2.01. The summed E-state index contributed by atoms with van der Waals surface area (Å²) in [5, 5.41) is 7.37. The highest BCUT2D eigenvalue weighted by Crippen LogP contribution is 2.15. The Morgan fingerprint density at radius 2 is 2.32 bits per heavy atom. The van der Waals surface area contributed by atoms with Gasteiger partial charge in [0.05, 0.1) is 23.1 Å². The number of aryl methyl sites for hydroxylation is 1. The molecule has 100 valence electrons. The van der Waals surface area contributed by atoms with Gasteiger partial charge in [0.15, 0.2) is 0 Å². The van der Waals surface area contributed by atoms with Crippen LogP contribution >= 0.6 is 0 Å². The van der Waals surface area contributed by atoms with Gasteiger partial charge in [-0.25, -0.2) is 4.98 Å². The van der Waals surface area contributed by atoms with Crippen LogP contribution < -0.4 is 16.8 Å². The number of carbonyl (C=O) groups excluding carboxylic acids is 1. The van der Waals surface area contributed by atoms with Gasteiger partial charge in [0, 0.05) is 26.2 Å². The zero-order valence-corrected chi connectivity index (χ0v) is 10.6. The normalized spacial score (nSPS) is 10.4. The molecule has 0 aliphatic carbocycles. The summed E-state index contributed by atoms with van der Waals surface area (Å²) in [5.41, 5.74) is 12.7. The van der Waals surface area contributed by atoms with E-state index in [9.17, 15) is 4.79 Å². The molecule has 7 nitrogen and oxygen atoms in total. The zero-order valence-electron chi connectivity index (χ0n) is 10.6. The molecule has 0 saturated heterocycles. The van der Waals surface area contributed by atoms with Gasteiger partial charge in [0.25, 0.3) is 5.91 Å². The molecule has 7 heteroatoms. The van der Waals surface area contributed by atoms with Crippen molar-refractivity contribution in [1.82, 2.24) is 14.8 Å². The number of nitrogen functional groups attached to an aromatic ring is 1. The van der Waals surface area contributed by atoms with Crippen LogP contribution in [0.2, 0.25) is 0 Å². The topological polar surface area (TPSA) is 112 Å². The molecule has 5 N–H and O–H groups in total. The number of amides is 1. The molecule has 0 radical (unpaired) electrons. The minimum Gasteiger partial charge on any atom is -0.384 e. The van der Waals surface area contributed by atoms with Crippen molar-refractivity contribution >= 4 is 17.4 Å². The van der Waals surface area contributed by atoms with Gasteiger partial charge in [-0.2, -0.15) is 5.10 Å². The van der Waals surface area contributed by atoms with Crippen LogP contribution in [0.5, 0.6) is 0 Å². The van der Waals surface area contributed by atoms with Gasteiger partial charge in [-0.15, -0.1) is 0 Å². The first-order chi connectivity index (χ1) is 9.06. The number of anilines is 2. The van der Waals surface area contributed by atoms with Crippen LogP contribution in [-0.4, -0.2) is 27.2 Å². The lowest BCUT2D eigenvalue weighted by Crippen LogP contribution is -2.16. The maximum Gasteiger partial charge on any atom is 0.250 e. The maximum atomic E-state index is 11.3. The summed E-state index contributed by atoms with van der Waals surface area (Å²) >= 11 is 0. The van der Waals surface area contributed by atoms with Gasteiger partial charge in [-0.3, -0.25) is 9.48 Å². The highest BCUT2D eigenvalue weighted by atomic mass is 16.1. The molecule has 2 aromatic rings. The number of primary amides is 1. The second-order valence-electron chi connectivity index (χ2n) is 4.18. The first kappa shape index (κ1) is 12.9. The third-order valence-corrected chi connectivity index (χ3v) is 2.66. The highest BCUT2D eigenvalue weighted by Gasteiger charge is 2.09. The Morgan fingerprint density at radius 3 is 2.95 bits per heavy atom. The van der Waals surface area contributed by atoms with E-state index in [1.165, 1.54) is 12.3 Å². The molecule has 0 aliphatic heterocycles. The van der Waals surface area contributed by atoms with Crippen LogP contribution in [-0.2, 0) is 13.5 Å². The summed E-state index contributed by atoms with van der Waals surface area (Å²) in [6, 6.07) is 3.41. The van der Waals surface area contributed by atoms with Crippen molar-refractivity contribution in [3.05, 3.63) is 35.8 Å². The van der Waals surface area contributed by atoms with E-state index < -0.39 is 5.91 Å². The first-order valence-corrected chi connectivity index (χ1v) is 5.84. The van der Waals surface area contributed by atoms with Crippen LogP contribution in [0.1, 0.15) is 16.1 Å². The SMILES string of the molecule is Cn1ccc(CCNc2cnc(N)cc2C(N)=O)n1. The second-order valence-corrected chi connectivity index (χ2v) is 4.18. The molecule has 0 fully saturated rings. The van der Waals surface area contributed by atoms with Gasteiger partial charge in [-0.05, 0) is 12.1 Å². The molecule has 2 rings (SSSR count). The number of nitrogens with zero attached hydrogens (tertiary/aromatic N) is 3. The molecule has 0 aliphatic rings. The molecule has 0 saturated carbocycles. The van der Waals surface area contributed by atoms with E-state index in [2.05, 4.69) is 15.4 Å². The number of carbonyl (C=O) groups is 1. The van der Waals surface area contributed by atoms with Crippen molar-refractivity contribution in [1.29, 1.82) is 0 Å². The Morgan fingerprint density at radius 1 is 1.53 bits per heavy atom. The van der Waals surface area contributed by atoms with Crippen molar-refractivity contribution in [2.45, 2.75) is 6.42 Å². The number of nitrogens with one attached hydrogen (secondary N) is 1. The zero-order chi connectivity index (χ0) is 13.8. The van der Waals surface area contributed by atoms with E-state index in [4.69, 9.17) is 11.5 Å². The maximum absolute atomic E-state index is 11.3. The highest BCUT2D eigenvalue weighted by molar-refractivity contribution is 5.98. The summed E-state index contributed by atoms with van der Waals surface area (Å²) in [6.07, 6.45) is 4.13. The van der Waals surface area contributed by atoms with E-state index in [1.807, 2.05) is 19.3 Å². The van der Waals surface area contributed by atoms with Crippen LogP contribution in [0.4, 0.5) is 11.5 Å². The van der Waals surface area contributed by atoms with Gasteiger partial charge in [-0.1, -0.05) is 0 Å². The Hall–Kier alpha value is -2.57. The lowest BCUT2D eigenvalue weighted by Gasteiger charge is -2.09. The standard InChI is InChI=1S/C12H16N6O/c1-18-5-3-8(17-18)2-4-15-10-7-16-11(13)6-9(10)12(14)19/h3,5-7,15H,2,4H2,1H3,(H2,13,16)(H2,14,19). The molecule has 0 bridgehead atoms. The average molecular weight is 260 g/mol. The number of rotatable bonds is 5. The third-order valence-electron chi connectivity index (χ3n) is 2.66. The van der Waals surface area contributed by atoms with E-state index >= 15 is 0 Å². The van der Waals surface area contributed by atoms with Gasteiger partial charge < -0.3 is 16.8 Å². The molecular weight excluding hydrogens is 244 g/mol. The van der Waals surface area contributed by atoms with Crippen LogP contribution in [0.3, 0.4) is 0 Å². The Labute approximate surface area is 110 Å². The Kier molecular flexibility index (Phi) is 3.65. The van der Waals surface area contributed by atoms with Crippen molar-refractivity contribution in [2.75, 3.05) is 17.6 Å². The van der Waals surface area contributed by atoms with E-state index in [0.29, 0.717) is 17.8 Å². The molecule has 0 atom stereocenters. The lowest BCUT2D eigenvalue weighted by atomic mass is 10.2. The average Bonchev–Trinajstić information content (AvgIpc) is 2.77. The van der Waals surface area contributed by atoms with Crippen LogP contribution in [0.15, 0.2) is 24.5 Å². The fourth-order valence-corrected chi connectivity index (χ4v) is 1.74. The van der Waals surface area contributed by atoms with Crippen molar-refractivity contribution in [3.63, 3.8) is 0 Å². The van der Waals surface area contributed by atoms with E-state index in [-0.39, 0.29) is 5.82 Å². The molecular formula is C12H16N6O. The van der Waals surface area contributed by atoms with Crippen LogP contribution in [0, 0.1) is 0 Å². The Bertz CT molecular complexity index is 592. The van der Waals surface area contributed by atoms with Crippen molar-refractivity contribution in [2.24, 2.45) is 12.8 Å². The summed E-state index contributed by atoms with van der Waals surface area (Å²) in [5.74, 6) is -0.265. The summed E-state index contributed by atoms with van der Waals surface area (Å²) in [4.78, 5) is 15.2. The largest absolute Gasteiger partial charge is 0.384 e. The molecule has 0 spiro atoms. The summed E-state index contributed by atoms with van der Waals surface area (Å²) in [6.45, 7) is 0.628. The fraction of sp³-hybridized carbons (Fsp3) is 0.250. The smallest absolute Gasteiger partial charge is 0.250 e. The number of pyridine rings is 1. The van der Waals surface area contributed by atoms with Crippen LogP contribution in [0.25, 0.3) is 0 Å². The summed E-state index contributed by atoms with van der Waals surface area (Å²) in [7, 11) is 1.87. The van der Waals surface area contributed by atoms with Gasteiger partial charge >= 0.3 is 0 Å². The lowest BCUT2D eigenvalue weighted by molar-refractivity contribution is 0.100. The number of hydrogen-bond acceptors (Lipinski definition) is 5. The van der Waals surface area contributed by atoms with E-state index in [0.717, 1.165) is 12.1 Å². The van der Waals surface area contributed by atoms with Gasteiger partial charge in [0.2, 0.25) is 0 Å². The quantitative estimate of drug-likeness (QED) is 0.708. The van der Waals surface area contributed by atoms with Crippen molar-refractivity contribution < 1.29 is 4.79 Å². The third kappa shape index (κ3) is 3.21. The number of hydrogen-bond donors (Lipinski definition) is 3. The minimum absolute atomic E-state index is 0.268. The first-order valence-electron chi connectivity index (χ1n) is 5.84. The fourth-order valence-electron chi connectivity index (χ4n) is 1.74. The molecule has 0 unspecified atom stereocenters. The minimum atomic E-state index is -0.533. The van der Waals surface area contributed by atoms with Crippen molar-refractivity contribution in [3.8, 4) is 0 Å². The number of aromatic nitrogens is 3. The molecule has 0 aromatic carbocycles. The molecule has 1 amide bonds. The predicted octanol–water partition coefficient (Wildman–Crippen LogP) is 0.151. The second kappa shape index (κ2) is 5.38. The van der Waals surface area contributed by atoms with Gasteiger partial charge in [0.1, 0.15) is 5.82 Å². The monoisotopic (exact) mass is 260 g/mol. The summed E-state index contributed by atoms with van der Waals surface area (Å²) < 4.78 is 1.74. The molecule has 19 heavy (non-hydrogen) atoms.